The van der Waals surface area contributed by atoms with E-state index in [9.17, 15) is 4.79 Å². The molecule has 3 rings (SSSR count). The summed E-state index contributed by atoms with van der Waals surface area (Å²) in [5.74, 6) is 0.887. The third-order valence-corrected chi connectivity index (χ3v) is 4.36. The van der Waals surface area contributed by atoms with Crippen LogP contribution in [0.2, 0.25) is 0 Å². The lowest BCUT2D eigenvalue weighted by Gasteiger charge is -2.23. The molecule has 1 heterocycles. The van der Waals surface area contributed by atoms with Crippen LogP contribution in [0.4, 0.5) is 0 Å². The van der Waals surface area contributed by atoms with E-state index in [1.165, 1.54) is 0 Å². The molecule has 0 spiro atoms. The zero-order valence-corrected chi connectivity index (χ0v) is 13.3. The number of hydrogen-bond acceptors (Lipinski definition) is 5. The molecule has 1 unspecified atom stereocenters. The quantitative estimate of drug-likeness (QED) is 0.881. The molecule has 1 aromatic heterocycles. The van der Waals surface area contributed by atoms with Crippen LogP contribution in [0.5, 0.6) is 0 Å². The Labute approximate surface area is 135 Å². The topological polar surface area (TPSA) is 94.0 Å². The van der Waals surface area contributed by atoms with Crippen LogP contribution in [0, 0.1) is 0 Å². The molecule has 1 atom stereocenters. The Morgan fingerprint density at radius 2 is 2.04 bits per heavy atom. The lowest BCUT2D eigenvalue weighted by Crippen LogP contribution is -2.52. The van der Waals surface area contributed by atoms with Gasteiger partial charge in [0.05, 0.1) is 18.0 Å². The molecule has 0 saturated heterocycles. The predicted octanol–water partition coefficient (Wildman–Crippen LogP) is 2.11. The van der Waals surface area contributed by atoms with Gasteiger partial charge in [-0.05, 0) is 25.3 Å². The zero-order chi connectivity index (χ0) is 16.3. The average Bonchev–Trinajstić information content (AvgIpc) is 3.18. The lowest BCUT2D eigenvalue weighted by molar-refractivity contribution is -0.126. The van der Waals surface area contributed by atoms with Crippen molar-refractivity contribution in [3.05, 3.63) is 47.6 Å². The van der Waals surface area contributed by atoms with Crippen molar-refractivity contribution in [3.63, 3.8) is 0 Å². The van der Waals surface area contributed by atoms with Crippen LogP contribution >= 0.6 is 0 Å². The van der Waals surface area contributed by atoms with E-state index in [0.717, 1.165) is 31.2 Å². The fourth-order valence-corrected chi connectivity index (χ4v) is 2.92. The number of hydrogen-bond donors (Lipinski definition) is 2. The summed E-state index contributed by atoms with van der Waals surface area (Å²) in [7, 11) is 0. The molecule has 0 radical (unpaired) electrons. The van der Waals surface area contributed by atoms with E-state index in [2.05, 4.69) is 15.5 Å². The third kappa shape index (κ3) is 3.59. The molecule has 1 aliphatic carbocycles. The maximum atomic E-state index is 12.3. The summed E-state index contributed by atoms with van der Waals surface area (Å²) in [5, 5.41) is 6.88. The third-order valence-electron chi connectivity index (χ3n) is 4.36. The highest BCUT2D eigenvalue weighted by Gasteiger charge is 2.37. The van der Waals surface area contributed by atoms with Crippen LogP contribution in [0.25, 0.3) is 0 Å². The Morgan fingerprint density at radius 3 is 2.74 bits per heavy atom. The molecule has 2 aromatic rings. The highest BCUT2D eigenvalue weighted by Crippen LogP contribution is 2.28. The molecular weight excluding hydrogens is 292 g/mol. The first kappa shape index (κ1) is 15.7. The number of aromatic nitrogens is 2. The normalized spacial score (nSPS) is 17.8. The van der Waals surface area contributed by atoms with Crippen molar-refractivity contribution in [1.82, 2.24) is 15.5 Å². The van der Waals surface area contributed by atoms with Crippen LogP contribution < -0.4 is 11.1 Å². The first-order valence-electron chi connectivity index (χ1n) is 8.03. The van der Waals surface area contributed by atoms with Gasteiger partial charge in [-0.3, -0.25) is 4.79 Å². The molecule has 6 heteroatoms. The van der Waals surface area contributed by atoms with Crippen LogP contribution in [0.3, 0.4) is 0 Å². The fourth-order valence-electron chi connectivity index (χ4n) is 2.92. The molecule has 1 saturated carbocycles. The van der Waals surface area contributed by atoms with Gasteiger partial charge in [0, 0.05) is 0 Å². The summed E-state index contributed by atoms with van der Waals surface area (Å²) in [6, 6.07) is 9.60. The Hall–Kier alpha value is -2.21. The number of nitrogens with two attached hydrogens (primary N) is 1. The van der Waals surface area contributed by atoms with Crippen LogP contribution in [-0.4, -0.2) is 21.6 Å². The van der Waals surface area contributed by atoms with E-state index in [0.29, 0.717) is 18.1 Å². The van der Waals surface area contributed by atoms with Gasteiger partial charge >= 0.3 is 0 Å². The molecule has 1 amide bonds. The van der Waals surface area contributed by atoms with Gasteiger partial charge in [-0.15, -0.1) is 0 Å². The van der Waals surface area contributed by atoms with E-state index < -0.39 is 5.54 Å². The van der Waals surface area contributed by atoms with E-state index >= 15 is 0 Å². The van der Waals surface area contributed by atoms with Gasteiger partial charge in [0.15, 0.2) is 5.82 Å². The molecule has 0 aliphatic heterocycles. The van der Waals surface area contributed by atoms with Gasteiger partial charge < -0.3 is 15.6 Å². The number of carbonyl (C=O) groups excluding carboxylic acids is 1. The lowest BCUT2D eigenvalue weighted by atomic mass is 9.98. The Balaban J connectivity index is 1.62. The molecule has 1 fully saturated rings. The number of nitrogens with zero attached hydrogens (tertiary/aromatic N) is 2. The van der Waals surface area contributed by atoms with E-state index in [1.807, 2.05) is 37.3 Å². The second-order valence-electron chi connectivity index (χ2n) is 6.27. The summed E-state index contributed by atoms with van der Waals surface area (Å²) < 4.78 is 5.28. The molecule has 0 bridgehead atoms. The first-order chi connectivity index (χ1) is 11.1. The average molecular weight is 314 g/mol. The SMILES string of the molecule is CC(NC(=O)C1(N)CCCC1)c1noc(Cc2ccccc2)n1. The van der Waals surface area contributed by atoms with Crippen LogP contribution in [0.1, 0.15) is 55.9 Å². The summed E-state index contributed by atoms with van der Waals surface area (Å²) in [6.45, 7) is 1.84. The Kier molecular flexibility index (Phi) is 4.43. The van der Waals surface area contributed by atoms with Gasteiger partial charge in [-0.1, -0.05) is 48.3 Å². The highest BCUT2D eigenvalue weighted by molar-refractivity contribution is 5.86. The molecule has 1 aromatic carbocycles. The molecule has 6 nitrogen and oxygen atoms in total. The minimum Gasteiger partial charge on any atom is -0.345 e. The first-order valence-corrected chi connectivity index (χ1v) is 8.03. The summed E-state index contributed by atoms with van der Waals surface area (Å²) in [5.41, 5.74) is 6.52. The smallest absolute Gasteiger partial charge is 0.240 e. The number of rotatable bonds is 5. The van der Waals surface area contributed by atoms with E-state index in [-0.39, 0.29) is 11.9 Å². The minimum atomic E-state index is -0.745. The highest BCUT2D eigenvalue weighted by atomic mass is 16.5. The van der Waals surface area contributed by atoms with Crippen molar-refractivity contribution < 1.29 is 9.32 Å². The number of nitrogens with one attached hydrogen (secondary N) is 1. The summed E-state index contributed by atoms with van der Waals surface area (Å²) >= 11 is 0. The zero-order valence-electron chi connectivity index (χ0n) is 13.3. The molecule has 3 N–H and O–H groups in total. The van der Waals surface area contributed by atoms with Crippen LogP contribution in [-0.2, 0) is 11.2 Å². The monoisotopic (exact) mass is 314 g/mol. The molecule has 23 heavy (non-hydrogen) atoms. The molecule has 1 aliphatic rings. The van der Waals surface area contributed by atoms with Crippen molar-refractivity contribution in [2.24, 2.45) is 5.73 Å². The van der Waals surface area contributed by atoms with Crippen molar-refractivity contribution in [1.29, 1.82) is 0 Å². The van der Waals surface area contributed by atoms with Crippen molar-refractivity contribution >= 4 is 5.91 Å². The van der Waals surface area contributed by atoms with Gasteiger partial charge in [0.1, 0.15) is 0 Å². The van der Waals surface area contributed by atoms with Crippen LogP contribution in [0.15, 0.2) is 34.9 Å². The van der Waals surface area contributed by atoms with Crippen molar-refractivity contribution in [2.75, 3.05) is 0 Å². The summed E-state index contributed by atoms with van der Waals surface area (Å²) in [4.78, 5) is 16.7. The molecule has 122 valence electrons. The number of benzene rings is 1. The van der Waals surface area contributed by atoms with Gasteiger partial charge in [0.2, 0.25) is 11.8 Å². The van der Waals surface area contributed by atoms with Crippen molar-refractivity contribution in [2.45, 2.75) is 50.6 Å². The van der Waals surface area contributed by atoms with Gasteiger partial charge in [-0.25, -0.2) is 0 Å². The maximum Gasteiger partial charge on any atom is 0.240 e. The Morgan fingerprint density at radius 1 is 1.35 bits per heavy atom. The maximum absolute atomic E-state index is 12.3. The number of carbonyl (C=O) groups is 1. The largest absolute Gasteiger partial charge is 0.345 e. The Bertz CT molecular complexity index is 662. The van der Waals surface area contributed by atoms with E-state index in [4.69, 9.17) is 10.3 Å². The minimum absolute atomic E-state index is 0.128. The second-order valence-corrected chi connectivity index (χ2v) is 6.27. The fraction of sp³-hybridized carbons (Fsp3) is 0.471. The van der Waals surface area contributed by atoms with Crippen molar-refractivity contribution in [3.8, 4) is 0 Å². The molecular formula is C17H22N4O2. The van der Waals surface area contributed by atoms with Gasteiger partial charge in [-0.2, -0.15) is 4.98 Å². The van der Waals surface area contributed by atoms with E-state index in [1.54, 1.807) is 0 Å². The van der Waals surface area contributed by atoms with Gasteiger partial charge in [0.25, 0.3) is 0 Å². The number of amides is 1. The predicted molar refractivity (Wildman–Crippen MR) is 85.5 cm³/mol. The second kappa shape index (κ2) is 6.50. The standard InChI is InChI=1S/C17H22N4O2/c1-12(19-16(22)17(18)9-5-6-10-17)15-20-14(23-21-15)11-13-7-3-2-4-8-13/h2-4,7-8,12H,5-6,9-11,18H2,1H3,(H,19,22). The summed E-state index contributed by atoms with van der Waals surface area (Å²) in [6.07, 6.45) is 4.05.